The van der Waals surface area contributed by atoms with E-state index in [0.29, 0.717) is 11.4 Å². The van der Waals surface area contributed by atoms with Gasteiger partial charge in [-0.2, -0.15) is 15.0 Å². The molecule has 2 N–H and O–H groups in total. The first-order chi connectivity index (χ1) is 8.37. The highest BCUT2D eigenvalue weighted by Crippen LogP contribution is 2.29. The molecular weight excluding hydrogens is 252 g/mol. The molecule has 1 aliphatic heterocycles. The molecule has 100 valence electrons. The molecule has 1 aromatic rings. The Morgan fingerprint density at radius 3 is 2.83 bits per heavy atom. The third kappa shape index (κ3) is 3.04. The summed E-state index contributed by atoms with van der Waals surface area (Å²) in [6.07, 6.45) is 1.42. The standard InChI is InChI=1S/C11H18N4O2S/c1-7(16)10-8(12-15(4)13-10)6-18-9-5-11(2,3)17-14-9/h5,7,14,16H,6H2,1-4H3. The van der Waals surface area contributed by atoms with E-state index in [0.717, 1.165) is 10.7 Å². The molecule has 7 heteroatoms. The summed E-state index contributed by atoms with van der Waals surface area (Å²) < 4.78 is 0. The molecule has 0 radical (unpaired) electrons. The average Bonchev–Trinajstić information content (AvgIpc) is 2.78. The van der Waals surface area contributed by atoms with Crippen LogP contribution in [0.1, 0.15) is 38.3 Å². The number of nitrogens with zero attached hydrogens (tertiary/aromatic N) is 3. The number of aryl methyl sites for hydroxylation is 1. The number of hydroxylamine groups is 1. The summed E-state index contributed by atoms with van der Waals surface area (Å²) >= 11 is 1.58. The second-order valence-electron chi connectivity index (χ2n) is 4.80. The minimum Gasteiger partial charge on any atom is -0.387 e. The van der Waals surface area contributed by atoms with Crippen molar-refractivity contribution >= 4 is 11.8 Å². The topological polar surface area (TPSA) is 72.2 Å². The van der Waals surface area contributed by atoms with Crippen molar-refractivity contribution < 1.29 is 9.94 Å². The first-order valence-electron chi connectivity index (χ1n) is 5.75. The van der Waals surface area contributed by atoms with Gasteiger partial charge in [0.05, 0.1) is 16.8 Å². The molecule has 0 amide bonds. The van der Waals surface area contributed by atoms with Crippen LogP contribution < -0.4 is 5.48 Å². The van der Waals surface area contributed by atoms with Crippen molar-refractivity contribution in [2.75, 3.05) is 0 Å². The Morgan fingerprint density at radius 1 is 1.56 bits per heavy atom. The van der Waals surface area contributed by atoms with Crippen LogP contribution in [0.15, 0.2) is 11.1 Å². The molecule has 18 heavy (non-hydrogen) atoms. The number of hydrogen-bond acceptors (Lipinski definition) is 6. The van der Waals surface area contributed by atoms with Crippen molar-refractivity contribution in [3.05, 3.63) is 22.5 Å². The lowest BCUT2D eigenvalue weighted by Crippen LogP contribution is -2.20. The van der Waals surface area contributed by atoms with Gasteiger partial charge in [0.25, 0.3) is 0 Å². The van der Waals surface area contributed by atoms with Crippen LogP contribution in [0.25, 0.3) is 0 Å². The molecular formula is C11H18N4O2S. The molecule has 1 aliphatic rings. The van der Waals surface area contributed by atoms with Gasteiger partial charge in [-0.3, -0.25) is 10.3 Å². The summed E-state index contributed by atoms with van der Waals surface area (Å²) in [6.45, 7) is 5.66. The summed E-state index contributed by atoms with van der Waals surface area (Å²) in [5.74, 6) is 0.645. The lowest BCUT2D eigenvalue weighted by molar-refractivity contribution is -0.0126. The van der Waals surface area contributed by atoms with Crippen molar-refractivity contribution in [2.24, 2.45) is 7.05 Å². The minimum absolute atomic E-state index is 0.280. The first kappa shape index (κ1) is 13.4. The van der Waals surface area contributed by atoms with E-state index in [1.807, 2.05) is 19.9 Å². The van der Waals surface area contributed by atoms with Crippen molar-refractivity contribution in [1.82, 2.24) is 20.5 Å². The summed E-state index contributed by atoms with van der Waals surface area (Å²) in [6, 6.07) is 0. The number of aliphatic hydroxyl groups is 1. The summed E-state index contributed by atoms with van der Waals surface area (Å²) in [7, 11) is 1.75. The zero-order chi connectivity index (χ0) is 13.3. The number of hydrogen-bond donors (Lipinski definition) is 2. The quantitative estimate of drug-likeness (QED) is 0.858. The Kier molecular flexibility index (Phi) is 3.65. The maximum Gasteiger partial charge on any atom is 0.115 e. The number of aliphatic hydroxyl groups excluding tert-OH is 1. The maximum absolute atomic E-state index is 9.61. The number of rotatable bonds is 4. The van der Waals surface area contributed by atoms with E-state index in [1.165, 1.54) is 4.80 Å². The van der Waals surface area contributed by atoms with Crippen molar-refractivity contribution in [1.29, 1.82) is 0 Å². The van der Waals surface area contributed by atoms with Crippen LogP contribution in [-0.4, -0.2) is 25.7 Å². The first-order valence-corrected chi connectivity index (χ1v) is 6.74. The fraction of sp³-hybridized carbons (Fsp3) is 0.636. The predicted octanol–water partition coefficient (Wildman–Crippen LogP) is 1.26. The van der Waals surface area contributed by atoms with Gasteiger partial charge in [-0.25, -0.2) is 0 Å². The monoisotopic (exact) mass is 270 g/mol. The van der Waals surface area contributed by atoms with Crippen molar-refractivity contribution in [3.63, 3.8) is 0 Å². The van der Waals surface area contributed by atoms with Gasteiger partial charge < -0.3 is 5.11 Å². The van der Waals surface area contributed by atoms with Gasteiger partial charge in [0.1, 0.15) is 11.3 Å². The van der Waals surface area contributed by atoms with Gasteiger partial charge >= 0.3 is 0 Å². The van der Waals surface area contributed by atoms with Gasteiger partial charge in [-0.05, 0) is 26.8 Å². The Bertz CT molecular complexity index is 468. The van der Waals surface area contributed by atoms with E-state index in [-0.39, 0.29) is 5.60 Å². The van der Waals surface area contributed by atoms with Crippen LogP contribution in [0.3, 0.4) is 0 Å². The Hall–Kier alpha value is -1.05. The normalized spacial score (nSPS) is 19.5. The molecule has 0 fully saturated rings. The van der Waals surface area contributed by atoms with Crippen LogP contribution in [0.2, 0.25) is 0 Å². The van der Waals surface area contributed by atoms with E-state index in [4.69, 9.17) is 4.84 Å². The third-order valence-electron chi connectivity index (χ3n) is 2.47. The Morgan fingerprint density at radius 2 is 2.28 bits per heavy atom. The Balaban J connectivity index is 2.03. The molecule has 6 nitrogen and oxygen atoms in total. The van der Waals surface area contributed by atoms with Crippen LogP contribution in [0, 0.1) is 0 Å². The lowest BCUT2D eigenvalue weighted by Gasteiger charge is -2.11. The predicted molar refractivity (Wildman–Crippen MR) is 69.3 cm³/mol. The zero-order valence-electron chi connectivity index (χ0n) is 11.0. The molecule has 0 saturated carbocycles. The van der Waals surface area contributed by atoms with Gasteiger partial charge in [0, 0.05) is 12.8 Å². The highest BCUT2D eigenvalue weighted by molar-refractivity contribution is 8.02. The van der Waals surface area contributed by atoms with Crippen LogP contribution in [0.4, 0.5) is 0 Å². The summed E-state index contributed by atoms with van der Waals surface area (Å²) in [5.41, 5.74) is 4.02. The zero-order valence-corrected chi connectivity index (χ0v) is 11.8. The number of aromatic nitrogens is 3. The largest absolute Gasteiger partial charge is 0.387 e. The van der Waals surface area contributed by atoms with Crippen LogP contribution in [-0.2, 0) is 17.6 Å². The third-order valence-corrected chi connectivity index (χ3v) is 3.40. The maximum atomic E-state index is 9.61. The van der Waals surface area contributed by atoms with Crippen LogP contribution in [0.5, 0.6) is 0 Å². The van der Waals surface area contributed by atoms with Gasteiger partial charge in [0.15, 0.2) is 0 Å². The molecule has 0 aliphatic carbocycles. The SMILES string of the molecule is CC(O)c1nn(C)nc1CSC1=CC(C)(C)ON1. The van der Waals surface area contributed by atoms with Gasteiger partial charge in [0.2, 0.25) is 0 Å². The highest BCUT2D eigenvalue weighted by Gasteiger charge is 2.24. The molecule has 1 atom stereocenters. The van der Waals surface area contributed by atoms with E-state index in [2.05, 4.69) is 15.7 Å². The molecule has 1 aromatic heterocycles. The summed E-state index contributed by atoms with van der Waals surface area (Å²) in [4.78, 5) is 6.85. The minimum atomic E-state index is -0.604. The van der Waals surface area contributed by atoms with E-state index in [1.54, 1.807) is 25.7 Å². The summed E-state index contributed by atoms with van der Waals surface area (Å²) in [5, 5.41) is 19.0. The average molecular weight is 270 g/mol. The smallest absolute Gasteiger partial charge is 0.115 e. The van der Waals surface area contributed by atoms with E-state index in [9.17, 15) is 5.11 Å². The highest BCUT2D eigenvalue weighted by atomic mass is 32.2. The number of nitrogens with one attached hydrogen (secondary N) is 1. The molecule has 2 rings (SSSR count). The molecule has 0 saturated heterocycles. The molecule has 2 heterocycles. The lowest BCUT2D eigenvalue weighted by atomic mass is 10.1. The van der Waals surface area contributed by atoms with Gasteiger partial charge in [-0.1, -0.05) is 0 Å². The van der Waals surface area contributed by atoms with E-state index >= 15 is 0 Å². The number of thioether (sulfide) groups is 1. The van der Waals surface area contributed by atoms with E-state index < -0.39 is 6.10 Å². The van der Waals surface area contributed by atoms with Gasteiger partial charge in [-0.15, -0.1) is 11.8 Å². The molecule has 1 unspecified atom stereocenters. The second-order valence-corrected chi connectivity index (χ2v) is 5.82. The van der Waals surface area contributed by atoms with Crippen molar-refractivity contribution in [3.8, 4) is 0 Å². The fourth-order valence-corrected chi connectivity index (χ4v) is 2.63. The molecule has 0 aromatic carbocycles. The fourth-order valence-electron chi connectivity index (χ4n) is 1.66. The molecule has 0 spiro atoms. The van der Waals surface area contributed by atoms with Crippen LogP contribution >= 0.6 is 11.8 Å². The second kappa shape index (κ2) is 4.91. The van der Waals surface area contributed by atoms with Crippen molar-refractivity contribution in [2.45, 2.75) is 38.2 Å². The Labute approximate surface area is 110 Å². The molecule has 0 bridgehead atoms.